The average molecular weight is 564 g/mol. The number of rotatable bonds is 7. The molecular weight excluding hydrogens is 522 g/mol. The van der Waals surface area contributed by atoms with Gasteiger partial charge in [0, 0.05) is 29.2 Å². The number of hydrogen-bond acceptors (Lipinski definition) is 3. The maximum Gasteiger partial charge on any atom is 0.319 e. The second-order valence-corrected chi connectivity index (χ2v) is 12.6. The Morgan fingerprint density at radius 2 is 1.10 bits per heavy atom. The summed E-state index contributed by atoms with van der Waals surface area (Å²) in [6, 6.07) is 30.4. The van der Waals surface area contributed by atoms with Crippen LogP contribution in [0.3, 0.4) is 0 Å². The summed E-state index contributed by atoms with van der Waals surface area (Å²) in [5, 5.41) is 19.9. The molecule has 3 amide bonds. The Bertz CT molecular complexity index is 1460. The van der Waals surface area contributed by atoms with E-state index in [1.165, 1.54) is 0 Å². The van der Waals surface area contributed by atoms with Crippen LogP contribution in [0, 0.1) is 0 Å². The standard InChI is InChI=1S/C36H41N3O3/c1-35(2,3)28-21-26(22-29(32(28)40)36(4,5)6)33(41)38-30-19-13-14-20-31(30)39-34(42)37-23-27(24-15-9-7-10-16-24)25-17-11-8-12-18-25/h7-22,27,40H,23H2,1-6H3,(H,38,41)(H2,37,39,42). The molecule has 6 heteroatoms. The molecule has 4 aromatic rings. The van der Waals surface area contributed by atoms with Gasteiger partial charge in [0.25, 0.3) is 5.91 Å². The molecule has 0 radical (unpaired) electrons. The number of urea groups is 1. The molecule has 0 heterocycles. The molecule has 0 atom stereocenters. The van der Waals surface area contributed by atoms with Crippen LogP contribution in [0.15, 0.2) is 97.1 Å². The van der Waals surface area contributed by atoms with Crippen LogP contribution in [0.4, 0.5) is 16.2 Å². The van der Waals surface area contributed by atoms with Gasteiger partial charge in [-0.2, -0.15) is 0 Å². The smallest absolute Gasteiger partial charge is 0.319 e. The third-order valence-corrected chi connectivity index (χ3v) is 7.28. The van der Waals surface area contributed by atoms with Crippen LogP contribution in [0.5, 0.6) is 5.75 Å². The minimum atomic E-state index is -0.372. The second-order valence-electron chi connectivity index (χ2n) is 12.6. The molecule has 0 spiro atoms. The summed E-state index contributed by atoms with van der Waals surface area (Å²) in [4.78, 5) is 26.6. The number of hydrogen-bond donors (Lipinski definition) is 4. The Kier molecular flexibility index (Phi) is 9.05. The summed E-state index contributed by atoms with van der Waals surface area (Å²) in [6.45, 7) is 12.4. The highest BCUT2D eigenvalue weighted by molar-refractivity contribution is 6.07. The zero-order valence-electron chi connectivity index (χ0n) is 25.3. The summed E-state index contributed by atoms with van der Waals surface area (Å²) in [5.74, 6) is -0.125. The zero-order chi connectivity index (χ0) is 30.5. The van der Waals surface area contributed by atoms with Crippen LogP contribution in [0.25, 0.3) is 0 Å². The first kappa shape index (κ1) is 30.4. The highest BCUT2D eigenvalue weighted by atomic mass is 16.3. The van der Waals surface area contributed by atoms with Gasteiger partial charge in [0.05, 0.1) is 11.4 Å². The molecule has 4 aromatic carbocycles. The SMILES string of the molecule is CC(C)(C)c1cc(C(=O)Nc2ccccc2NC(=O)NCC(c2ccccc2)c2ccccc2)cc(C(C)(C)C)c1O. The van der Waals surface area contributed by atoms with Crippen molar-refractivity contribution in [3.63, 3.8) is 0 Å². The molecule has 0 aromatic heterocycles. The van der Waals surface area contributed by atoms with Crippen molar-refractivity contribution in [1.82, 2.24) is 5.32 Å². The van der Waals surface area contributed by atoms with Crippen LogP contribution >= 0.6 is 0 Å². The lowest BCUT2D eigenvalue weighted by molar-refractivity contribution is 0.102. The first-order chi connectivity index (χ1) is 19.8. The highest BCUT2D eigenvalue weighted by Crippen LogP contribution is 2.40. The first-order valence-corrected chi connectivity index (χ1v) is 14.3. The molecule has 4 rings (SSSR count). The number of nitrogens with one attached hydrogen (secondary N) is 3. The van der Waals surface area contributed by atoms with Crippen LogP contribution in [-0.2, 0) is 10.8 Å². The number of aromatic hydroxyl groups is 1. The van der Waals surface area contributed by atoms with E-state index in [9.17, 15) is 14.7 Å². The molecule has 42 heavy (non-hydrogen) atoms. The predicted octanol–water partition coefficient (Wildman–Crippen LogP) is 8.19. The van der Waals surface area contributed by atoms with Crippen molar-refractivity contribution in [1.29, 1.82) is 0 Å². The van der Waals surface area contributed by atoms with E-state index >= 15 is 0 Å². The topological polar surface area (TPSA) is 90.5 Å². The monoisotopic (exact) mass is 563 g/mol. The maximum absolute atomic E-state index is 13.5. The van der Waals surface area contributed by atoms with E-state index in [-0.39, 0.29) is 34.4 Å². The van der Waals surface area contributed by atoms with Crippen LogP contribution in [0.2, 0.25) is 0 Å². The fraction of sp³-hybridized carbons (Fsp3) is 0.278. The van der Waals surface area contributed by atoms with E-state index in [0.717, 1.165) is 11.1 Å². The number of carbonyl (C=O) groups is 2. The van der Waals surface area contributed by atoms with Gasteiger partial charge in [0.1, 0.15) is 5.75 Å². The van der Waals surface area contributed by atoms with Crippen molar-refractivity contribution in [2.45, 2.75) is 58.3 Å². The minimum Gasteiger partial charge on any atom is -0.507 e. The average Bonchev–Trinajstić information content (AvgIpc) is 2.94. The number of anilines is 2. The number of phenols is 1. The van der Waals surface area contributed by atoms with E-state index in [1.807, 2.05) is 77.9 Å². The van der Waals surface area contributed by atoms with Crippen molar-refractivity contribution >= 4 is 23.3 Å². The Morgan fingerprint density at radius 3 is 1.55 bits per heavy atom. The molecule has 6 nitrogen and oxygen atoms in total. The summed E-state index contributed by atoms with van der Waals surface area (Å²) in [5.41, 5.74) is 4.28. The zero-order valence-corrected chi connectivity index (χ0v) is 25.3. The highest BCUT2D eigenvalue weighted by Gasteiger charge is 2.28. The maximum atomic E-state index is 13.5. The van der Waals surface area contributed by atoms with Crippen LogP contribution in [-0.4, -0.2) is 23.6 Å². The van der Waals surface area contributed by atoms with Gasteiger partial charge in [0.15, 0.2) is 0 Å². The van der Waals surface area contributed by atoms with E-state index in [1.54, 1.807) is 36.4 Å². The van der Waals surface area contributed by atoms with Gasteiger partial charge in [0.2, 0.25) is 0 Å². The Morgan fingerprint density at radius 1 is 0.667 bits per heavy atom. The lowest BCUT2D eigenvalue weighted by atomic mass is 9.78. The van der Waals surface area contributed by atoms with Crippen molar-refractivity contribution in [2.24, 2.45) is 0 Å². The predicted molar refractivity (Wildman–Crippen MR) is 172 cm³/mol. The van der Waals surface area contributed by atoms with Gasteiger partial charge < -0.3 is 21.1 Å². The number of phenolic OH excluding ortho intramolecular Hbond substituents is 1. The summed E-state index contributed by atoms with van der Waals surface area (Å²) in [7, 11) is 0. The molecular formula is C36H41N3O3. The van der Waals surface area contributed by atoms with Crippen molar-refractivity contribution in [3.05, 3.63) is 125 Å². The minimum absolute atomic E-state index is 0.0170. The fourth-order valence-electron chi connectivity index (χ4n) is 4.96. The Labute approximate surface area is 249 Å². The van der Waals surface area contributed by atoms with Gasteiger partial charge in [-0.15, -0.1) is 0 Å². The molecule has 0 saturated heterocycles. The summed E-state index contributed by atoms with van der Waals surface area (Å²) in [6.07, 6.45) is 0. The summed E-state index contributed by atoms with van der Waals surface area (Å²) >= 11 is 0. The normalized spacial score (nSPS) is 11.7. The number of benzene rings is 4. The van der Waals surface area contributed by atoms with Crippen LogP contribution in [0.1, 0.15) is 80.1 Å². The molecule has 0 bridgehead atoms. The van der Waals surface area contributed by atoms with Gasteiger partial charge >= 0.3 is 6.03 Å². The van der Waals surface area contributed by atoms with E-state index < -0.39 is 0 Å². The van der Waals surface area contributed by atoms with Crippen molar-refractivity contribution in [2.75, 3.05) is 17.2 Å². The Hall–Kier alpha value is -4.58. The third-order valence-electron chi connectivity index (χ3n) is 7.28. The molecule has 4 N–H and O–H groups in total. The van der Waals surface area contributed by atoms with Gasteiger partial charge in [-0.05, 0) is 46.2 Å². The number of para-hydroxylation sites is 2. The van der Waals surface area contributed by atoms with Crippen LogP contribution < -0.4 is 16.0 Å². The molecule has 0 aliphatic carbocycles. The largest absolute Gasteiger partial charge is 0.507 e. The van der Waals surface area contributed by atoms with Crippen molar-refractivity contribution in [3.8, 4) is 5.75 Å². The van der Waals surface area contributed by atoms with Gasteiger partial charge in [-0.1, -0.05) is 114 Å². The lowest BCUT2D eigenvalue weighted by Crippen LogP contribution is -2.33. The second kappa shape index (κ2) is 12.5. The molecule has 218 valence electrons. The lowest BCUT2D eigenvalue weighted by Gasteiger charge is -2.28. The van der Waals surface area contributed by atoms with Gasteiger partial charge in [-0.25, -0.2) is 4.79 Å². The van der Waals surface area contributed by atoms with E-state index in [4.69, 9.17) is 0 Å². The molecule has 0 unspecified atom stereocenters. The molecule has 0 fully saturated rings. The molecule has 0 aliphatic heterocycles. The number of carbonyl (C=O) groups excluding carboxylic acids is 2. The first-order valence-electron chi connectivity index (χ1n) is 14.3. The number of amides is 3. The molecule has 0 saturated carbocycles. The quantitative estimate of drug-likeness (QED) is 0.183. The summed E-state index contributed by atoms with van der Waals surface area (Å²) < 4.78 is 0. The fourth-order valence-corrected chi connectivity index (χ4v) is 4.96. The Balaban J connectivity index is 1.52. The van der Waals surface area contributed by atoms with Crippen molar-refractivity contribution < 1.29 is 14.7 Å². The molecule has 0 aliphatic rings. The van der Waals surface area contributed by atoms with E-state index in [0.29, 0.717) is 34.6 Å². The third kappa shape index (κ3) is 7.38. The van der Waals surface area contributed by atoms with Gasteiger partial charge in [-0.3, -0.25) is 4.79 Å². The van der Waals surface area contributed by atoms with E-state index in [2.05, 4.69) is 40.2 Å².